The molecule has 0 atom stereocenters. The van der Waals surface area contributed by atoms with Gasteiger partial charge in [0, 0.05) is 27.5 Å². The Morgan fingerprint density at radius 3 is 2.57 bits per heavy atom. The predicted octanol–water partition coefficient (Wildman–Crippen LogP) is 3.79. The summed E-state index contributed by atoms with van der Waals surface area (Å²) in [5.74, 6) is -0.459. The average Bonchev–Trinajstić information content (AvgIpc) is 2.50. The number of halogens is 2. The first kappa shape index (κ1) is 17.2. The van der Waals surface area contributed by atoms with Crippen LogP contribution < -0.4 is 10.2 Å². The minimum absolute atomic E-state index is 0.352. The molecule has 2 aromatic rings. The third-order valence-electron chi connectivity index (χ3n) is 2.70. The number of hydrogen-bond donors (Lipinski definition) is 1. The summed E-state index contributed by atoms with van der Waals surface area (Å²) in [6.07, 6.45) is 1.40. The minimum atomic E-state index is -0.438. The highest BCUT2D eigenvalue weighted by Crippen LogP contribution is 2.22. The molecule has 0 spiro atoms. The second-order valence-electron chi connectivity index (χ2n) is 4.48. The van der Waals surface area contributed by atoms with Crippen molar-refractivity contribution in [2.24, 2.45) is 5.10 Å². The number of carbonyl (C=O) groups is 2. The maximum Gasteiger partial charge on any atom is 0.308 e. The van der Waals surface area contributed by atoms with Crippen molar-refractivity contribution in [2.75, 3.05) is 0 Å². The molecular formula is C16H12BrClN2O3. The van der Waals surface area contributed by atoms with Crippen molar-refractivity contribution in [2.45, 2.75) is 6.92 Å². The standard InChI is InChI=1S/C16H12BrClN2O3/c1-10(21)23-15-7-4-13(17)8-12(15)9-19-20-16(22)11-2-5-14(18)6-3-11/h2-9H,1H3,(H,20,22)/b19-9-. The van der Waals surface area contributed by atoms with E-state index in [9.17, 15) is 9.59 Å². The number of nitrogens with zero attached hydrogens (tertiary/aromatic N) is 1. The molecule has 2 rings (SSSR count). The number of ether oxygens (including phenoxy) is 1. The molecular weight excluding hydrogens is 384 g/mol. The third kappa shape index (κ3) is 5.19. The molecule has 0 unspecified atom stereocenters. The number of hydrazone groups is 1. The summed E-state index contributed by atoms with van der Waals surface area (Å²) in [6.45, 7) is 1.31. The fraction of sp³-hybridized carbons (Fsp3) is 0.0625. The molecule has 1 N–H and O–H groups in total. The normalized spacial score (nSPS) is 10.6. The minimum Gasteiger partial charge on any atom is -0.426 e. The lowest BCUT2D eigenvalue weighted by Gasteiger charge is -2.06. The lowest BCUT2D eigenvalue weighted by Crippen LogP contribution is -2.17. The summed E-state index contributed by atoms with van der Waals surface area (Å²) in [5, 5.41) is 4.43. The van der Waals surface area contributed by atoms with Gasteiger partial charge in [-0.25, -0.2) is 5.43 Å². The molecule has 5 nitrogen and oxygen atoms in total. The Morgan fingerprint density at radius 1 is 1.22 bits per heavy atom. The van der Waals surface area contributed by atoms with Crippen molar-refractivity contribution < 1.29 is 14.3 Å². The highest BCUT2D eigenvalue weighted by atomic mass is 79.9. The molecule has 118 valence electrons. The number of benzene rings is 2. The van der Waals surface area contributed by atoms with E-state index >= 15 is 0 Å². The molecule has 0 heterocycles. The Kier molecular flexibility index (Phi) is 5.90. The molecule has 0 aliphatic rings. The van der Waals surface area contributed by atoms with Gasteiger partial charge in [-0.2, -0.15) is 5.10 Å². The van der Waals surface area contributed by atoms with E-state index in [2.05, 4.69) is 26.5 Å². The highest BCUT2D eigenvalue weighted by molar-refractivity contribution is 9.10. The van der Waals surface area contributed by atoms with Gasteiger partial charge < -0.3 is 4.74 Å². The third-order valence-corrected chi connectivity index (χ3v) is 3.45. The predicted molar refractivity (Wildman–Crippen MR) is 92.0 cm³/mol. The summed E-state index contributed by atoms with van der Waals surface area (Å²) in [6, 6.07) is 11.5. The van der Waals surface area contributed by atoms with Crippen LogP contribution in [0.1, 0.15) is 22.8 Å². The fourth-order valence-electron chi connectivity index (χ4n) is 1.69. The lowest BCUT2D eigenvalue weighted by molar-refractivity contribution is -0.131. The molecule has 0 radical (unpaired) electrons. The largest absolute Gasteiger partial charge is 0.426 e. The zero-order chi connectivity index (χ0) is 16.8. The number of amides is 1. The van der Waals surface area contributed by atoms with E-state index in [0.29, 0.717) is 21.9 Å². The van der Waals surface area contributed by atoms with Gasteiger partial charge in [0.2, 0.25) is 0 Å². The Balaban J connectivity index is 2.10. The Hall–Kier alpha value is -2.18. The Bertz CT molecular complexity index is 760. The summed E-state index contributed by atoms with van der Waals surface area (Å²) in [5.41, 5.74) is 3.38. The molecule has 0 aromatic heterocycles. The second-order valence-corrected chi connectivity index (χ2v) is 5.83. The van der Waals surface area contributed by atoms with E-state index in [0.717, 1.165) is 4.47 Å². The van der Waals surface area contributed by atoms with Gasteiger partial charge in [0.25, 0.3) is 5.91 Å². The maximum atomic E-state index is 11.9. The SMILES string of the molecule is CC(=O)Oc1ccc(Br)cc1/C=N\NC(=O)c1ccc(Cl)cc1. The van der Waals surface area contributed by atoms with Crippen molar-refractivity contribution in [3.8, 4) is 5.75 Å². The van der Waals surface area contributed by atoms with Crippen LogP contribution in [0.3, 0.4) is 0 Å². The number of esters is 1. The molecule has 0 aliphatic heterocycles. The van der Waals surface area contributed by atoms with Gasteiger partial charge in [0.05, 0.1) is 6.21 Å². The van der Waals surface area contributed by atoms with Crippen LogP contribution in [0.2, 0.25) is 5.02 Å². The quantitative estimate of drug-likeness (QED) is 0.371. The molecule has 2 aromatic carbocycles. The van der Waals surface area contributed by atoms with Crippen molar-refractivity contribution in [1.29, 1.82) is 0 Å². The zero-order valence-corrected chi connectivity index (χ0v) is 14.4. The fourth-order valence-corrected chi connectivity index (χ4v) is 2.20. The van der Waals surface area contributed by atoms with Crippen LogP contribution in [0.5, 0.6) is 5.75 Å². The number of rotatable bonds is 4. The number of carbonyl (C=O) groups excluding carboxylic acids is 2. The van der Waals surface area contributed by atoms with Gasteiger partial charge in [0.1, 0.15) is 5.75 Å². The monoisotopic (exact) mass is 394 g/mol. The number of nitrogens with one attached hydrogen (secondary N) is 1. The Labute approximate surface area is 146 Å². The van der Waals surface area contributed by atoms with E-state index in [4.69, 9.17) is 16.3 Å². The van der Waals surface area contributed by atoms with Crippen LogP contribution >= 0.6 is 27.5 Å². The molecule has 0 saturated carbocycles. The van der Waals surface area contributed by atoms with Crippen LogP contribution in [-0.2, 0) is 4.79 Å². The maximum absolute atomic E-state index is 11.9. The van der Waals surface area contributed by atoms with E-state index in [1.807, 2.05) is 0 Å². The van der Waals surface area contributed by atoms with Crippen LogP contribution in [0, 0.1) is 0 Å². The van der Waals surface area contributed by atoms with E-state index in [1.54, 1.807) is 42.5 Å². The lowest BCUT2D eigenvalue weighted by atomic mass is 10.2. The van der Waals surface area contributed by atoms with Crippen LogP contribution in [-0.4, -0.2) is 18.1 Å². The van der Waals surface area contributed by atoms with Crippen molar-refractivity contribution in [1.82, 2.24) is 5.43 Å². The zero-order valence-electron chi connectivity index (χ0n) is 12.0. The van der Waals surface area contributed by atoms with Gasteiger partial charge in [-0.15, -0.1) is 0 Å². The molecule has 0 saturated heterocycles. The second kappa shape index (κ2) is 7.89. The average molecular weight is 396 g/mol. The van der Waals surface area contributed by atoms with E-state index in [1.165, 1.54) is 13.1 Å². The van der Waals surface area contributed by atoms with Gasteiger partial charge in [-0.1, -0.05) is 27.5 Å². The summed E-state index contributed by atoms with van der Waals surface area (Å²) in [7, 11) is 0. The van der Waals surface area contributed by atoms with Crippen molar-refractivity contribution >= 4 is 45.6 Å². The number of hydrogen-bond acceptors (Lipinski definition) is 4. The first-order valence-corrected chi connectivity index (χ1v) is 7.70. The van der Waals surface area contributed by atoms with Crippen LogP contribution in [0.15, 0.2) is 52.0 Å². The van der Waals surface area contributed by atoms with Gasteiger partial charge in [0.15, 0.2) is 0 Å². The summed E-state index contributed by atoms with van der Waals surface area (Å²) < 4.78 is 5.87. The van der Waals surface area contributed by atoms with Crippen LogP contribution in [0.4, 0.5) is 0 Å². The molecule has 7 heteroatoms. The topological polar surface area (TPSA) is 67.8 Å². The molecule has 0 aliphatic carbocycles. The first-order chi connectivity index (χ1) is 11.0. The highest BCUT2D eigenvalue weighted by Gasteiger charge is 2.06. The van der Waals surface area contributed by atoms with Gasteiger partial charge >= 0.3 is 5.97 Å². The Morgan fingerprint density at radius 2 is 1.91 bits per heavy atom. The molecule has 1 amide bonds. The van der Waals surface area contributed by atoms with E-state index < -0.39 is 5.97 Å². The van der Waals surface area contributed by atoms with Crippen LogP contribution in [0.25, 0.3) is 0 Å². The van der Waals surface area contributed by atoms with E-state index in [-0.39, 0.29) is 5.91 Å². The molecule has 0 fully saturated rings. The van der Waals surface area contributed by atoms with Crippen molar-refractivity contribution in [3.05, 3.63) is 63.1 Å². The van der Waals surface area contributed by atoms with Gasteiger partial charge in [-0.3, -0.25) is 9.59 Å². The van der Waals surface area contributed by atoms with Gasteiger partial charge in [-0.05, 0) is 42.5 Å². The summed E-state index contributed by atoms with van der Waals surface area (Å²) >= 11 is 9.09. The smallest absolute Gasteiger partial charge is 0.308 e. The molecule has 23 heavy (non-hydrogen) atoms. The molecule has 0 bridgehead atoms. The summed E-state index contributed by atoms with van der Waals surface area (Å²) in [4.78, 5) is 23.0. The first-order valence-electron chi connectivity index (χ1n) is 6.52. The van der Waals surface area contributed by atoms with Crippen molar-refractivity contribution in [3.63, 3.8) is 0 Å².